The van der Waals surface area contributed by atoms with Gasteiger partial charge in [0.05, 0.1) is 25.2 Å². The third-order valence-electron chi connectivity index (χ3n) is 2.62. The number of sulfonamides is 1. The van der Waals surface area contributed by atoms with Crippen molar-refractivity contribution in [3.8, 4) is 11.8 Å². The van der Waals surface area contributed by atoms with Gasteiger partial charge in [0.15, 0.2) is 9.34 Å². The average molecular weight is 338 g/mol. The van der Waals surface area contributed by atoms with Crippen molar-refractivity contribution in [2.45, 2.75) is 10.6 Å². The van der Waals surface area contributed by atoms with Gasteiger partial charge in [-0.2, -0.15) is 5.26 Å². The SMILES string of the molecule is N#CCc1ccc(OCCNc2ncc(S(N)(=O)=O)s2)cc1. The van der Waals surface area contributed by atoms with Crippen LogP contribution in [0, 0.1) is 11.3 Å². The molecule has 1 aromatic heterocycles. The Morgan fingerprint density at radius 3 is 2.68 bits per heavy atom. The Kier molecular flexibility index (Phi) is 5.32. The van der Waals surface area contributed by atoms with E-state index in [2.05, 4.69) is 16.4 Å². The number of ether oxygens (including phenoxy) is 1. The largest absolute Gasteiger partial charge is 0.492 e. The number of anilines is 1. The number of hydrogen-bond donors (Lipinski definition) is 2. The maximum absolute atomic E-state index is 11.1. The highest BCUT2D eigenvalue weighted by atomic mass is 32.2. The summed E-state index contributed by atoms with van der Waals surface area (Å²) in [6.45, 7) is 0.861. The van der Waals surface area contributed by atoms with Crippen LogP contribution in [0.25, 0.3) is 0 Å². The summed E-state index contributed by atoms with van der Waals surface area (Å²) in [5.41, 5.74) is 0.936. The van der Waals surface area contributed by atoms with Crippen LogP contribution in [0.3, 0.4) is 0 Å². The van der Waals surface area contributed by atoms with Crippen molar-refractivity contribution >= 4 is 26.5 Å². The summed E-state index contributed by atoms with van der Waals surface area (Å²) >= 11 is 0.972. The van der Waals surface area contributed by atoms with Crippen molar-refractivity contribution in [2.75, 3.05) is 18.5 Å². The van der Waals surface area contributed by atoms with E-state index in [1.807, 2.05) is 12.1 Å². The number of rotatable bonds is 7. The van der Waals surface area contributed by atoms with Gasteiger partial charge in [-0.1, -0.05) is 23.5 Å². The van der Waals surface area contributed by atoms with Crippen molar-refractivity contribution in [2.24, 2.45) is 5.14 Å². The molecule has 0 amide bonds. The van der Waals surface area contributed by atoms with Crippen molar-refractivity contribution in [3.63, 3.8) is 0 Å². The van der Waals surface area contributed by atoms with E-state index in [1.165, 1.54) is 6.20 Å². The fraction of sp³-hybridized carbons (Fsp3) is 0.231. The molecule has 0 bridgehead atoms. The van der Waals surface area contributed by atoms with Gasteiger partial charge in [0, 0.05) is 0 Å². The minimum absolute atomic E-state index is 0.0176. The molecule has 9 heteroatoms. The Morgan fingerprint density at radius 1 is 1.36 bits per heavy atom. The Labute approximate surface area is 132 Å². The number of hydrogen-bond acceptors (Lipinski definition) is 7. The van der Waals surface area contributed by atoms with Gasteiger partial charge in [-0.15, -0.1) is 0 Å². The molecule has 0 radical (unpaired) electrons. The summed E-state index contributed by atoms with van der Waals surface area (Å²) in [4.78, 5) is 3.92. The van der Waals surface area contributed by atoms with Gasteiger partial charge in [0.2, 0.25) is 10.0 Å². The van der Waals surface area contributed by atoms with Crippen molar-refractivity contribution in [3.05, 3.63) is 36.0 Å². The molecule has 0 fully saturated rings. The molecule has 1 aromatic carbocycles. The van der Waals surface area contributed by atoms with Crippen LogP contribution in [0.4, 0.5) is 5.13 Å². The summed E-state index contributed by atoms with van der Waals surface area (Å²) in [5.74, 6) is 0.702. The third-order valence-corrected chi connectivity index (χ3v) is 4.98. The second kappa shape index (κ2) is 7.22. The lowest BCUT2D eigenvalue weighted by atomic mass is 10.2. The predicted octanol–water partition coefficient (Wildman–Crippen LogP) is 1.35. The number of nitrogens with zero attached hydrogens (tertiary/aromatic N) is 2. The molecule has 3 N–H and O–H groups in total. The highest BCUT2D eigenvalue weighted by Crippen LogP contribution is 2.21. The molecular formula is C13H14N4O3S2. The molecule has 22 heavy (non-hydrogen) atoms. The molecule has 0 saturated carbocycles. The standard InChI is InChI=1S/C13H14N4O3S2/c14-6-5-10-1-3-11(4-2-10)20-8-7-16-13-17-9-12(21-13)22(15,18)19/h1-4,9H,5,7-8H2,(H,16,17)(H2,15,18,19). The molecule has 7 nitrogen and oxygen atoms in total. The van der Waals surface area contributed by atoms with E-state index >= 15 is 0 Å². The first-order valence-corrected chi connectivity index (χ1v) is 8.66. The van der Waals surface area contributed by atoms with Gasteiger partial charge in [-0.05, 0) is 17.7 Å². The summed E-state index contributed by atoms with van der Waals surface area (Å²) in [5, 5.41) is 17.0. The van der Waals surface area contributed by atoms with Gasteiger partial charge in [-0.3, -0.25) is 0 Å². The molecule has 1 heterocycles. The molecule has 0 aliphatic carbocycles. The van der Waals surface area contributed by atoms with E-state index in [0.717, 1.165) is 16.9 Å². The Balaban J connectivity index is 1.77. The molecule has 0 spiro atoms. The van der Waals surface area contributed by atoms with Gasteiger partial charge >= 0.3 is 0 Å². The van der Waals surface area contributed by atoms with E-state index in [9.17, 15) is 8.42 Å². The van der Waals surface area contributed by atoms with Crippen molar-refractivity contribution in [1.82, 2.24) is 4.98 Å². The van der Waals surface area contributed by atoms with E-state index < -0.39 is 10.0 Å². The summed E-state index contributed by atoms with van der Waals surface area (Å²) < 4.78 is 27.8. The average Bonchev–Trinajstić information content (AvgIpc) is 2.95. The van der Waals surface area contributed by atoms with E-state index in [-0.39, 0.29) is 4.21 Å². The first kappa shape index (κ1) is 16.2. The van der Waals surface area contributed by atoms with E-state index in [1.54, 1.807) is 12.1 Å². The van der Waals surface area contributed by atoms with Crippen LogP contribution >= 0.6 is 11.3 Å². The number of nitrogens with one attached hydrogen (secondary N) is 1. The first-order chi connectivity index (χ1) is 10.5. The van der Waals surface area contributed by atoms with Crippen LogP contribution in [0.5, 0.6) is 5.75 Å². The zero-order chi connectivity index (χ0) is 16.0. The van der Waals surface area contributed by atoms with Gasteiger partial charge in [0.25, 0.3) is 0 Å². The van der Waals surface area contributed by atoms with E-state index in [0.29, 0.717) is 30.5 Å². The zero-order valence-electron chi connectivity index (χ0n) is 11.5. The molecule has 0 saturated heterocycles. The third kappa shape index (κ3) is 4.70. The molecule has 0 unspecified atom stereocenters. The molecule has 2 aromatic rings. The fourth-order valence-corrected chi connectivity index (χ4v) is 3.07. The normalized spacial score (nSPS) is 10.9. The number of thiazole rings is 1. The molecule has 116 valence electrons. The minimum Gasteiger partial charge on any atom is -0.492 e. The quantitative estimate of drug-likeness (QED) is 0.736. The van der Waals surface area contributed by atoms with Crippen LogP contribution in [0.1, 0.15) is 5.56 Å². The minimum atomic E-state index is -3.70. The number of primary sulfonamides is 1. The number of aromatic nitrogens is 1. The Morgan fingerprint density at radius 2 is 2.09 bits per heavy atom. The van der Waals surface area contributed by atoms with Crippen LogP contribution in [0.2, 0.25) is 0 Å². The first-order valence-electron chi connectivity index (χ1n) is 6.30. The van der Waals surface area contributed by atoms with Crippen LogP contribution in [0.15, 0.2) is 34.7 Å². The number of nitrogens with two attached hydrogens (primary N) is 1. The summed E-state index contributed by atoms with van der Waals surface area (Å²) in [7, 11) is -3.70. The van der Waals surface area contributed by atoms with Gasteiger partial charge in [-0.25, -0.2) is 18.5 Å². The lowest BCUT2D eigenvalue weighted by Crippen LogP contribution is -2.11. The van der Waals surface area contributed by atoms with Crippen LogP contribution < -0.4 is 15.2 Å². The second-order valence-corrected chi connectivity index (χ2v) is 7.10. The highest BCUT2D eigenvalue weighted by Gasteiger charge is 2.12. The highest BCUT2D eigenvalue weighted by molar-refractivity contribution is 7.91. The molecule has 0 aliphatic heterocycles. The molecule has 0 atom stereocenters. The van der Waals surface area contributed by atoms with Crippen molar-refractivity contribution in [1.29, 1.82) is 5.26 Å². The smallest absolute Gasteiger partial charge is 0.249 e. The van der Waals surface area contributed by atoms with Crippen LogP contribution in [-0.4, -0.2) is 26.6 Å². The molecule has 2 rings (SSSR count). The van der Waals surface area contributed by atoms with E-state index in [4.69, 9.17) is 15.1 Å². The molecular weight excluding hydrogens is 324 g/mol. The van der Waals surface area contributed by atoms with Gasteiger partial charge in [0.1, 0.15) is 12.4 Å². The number of benzene rings is 1. The van der Waals surface area contributed by atoms with Crippen LogP contribution in [-0.2, 0) is 16.4 Å². The maximum Gasteiger partial charge on any atom is 0.249 e. The Bertz CT molecular complexity index is 763. The summed E-state index contributed by atoms with van der Waals surface area (Å²) in [6.07, 6.45) is 1.59. The lowest BCUT2D eigenvalue weighted by molar-refractivity contribution is 0.333. The zero-order valence-corrected chi connectivity index (χ0v) is 13.2. The lowest BCUT2D eigenvalue weighted by Gasteiger charge is -2.07. The Hall–Kier alpha value is -2.15. The maximum atomic E-state index is 11.1. The monoisotopic (exact) mass is 338 g/mol. The molecule has 0 aliphatic rings. The fourth-order valence-electron chi connectivity index (χ4n) is 1.59. The predicted molar refractivity (Wildman–Crippen MR) is 83.2 cm³/mol. The topological polar surface area (TPSA) is 118 Å². The van der Waals surface area contributed by atoms with Crippen molar-refractivity contribution < 1.29 is 13.2 Å². The second-order valence-electron chi connectivity index (χ2n) is 4.28. The number of nitriles is 1. The van der Waals surface area contributed by atoms with Gasteiger partial charge < -0.3 is 10.1 Å². The summed E-state index contributed by atoms with van der Waals surface area (Å²) in [6, 6.07) is 9.36.